The molecule has 2 rings (SSSR count). The van der Waals surface area contributed by atoms with Gasteiger partial charge in [-0.2, -0.15) is 0 Å². The number of hydrogen-bond donors (Lipinski definition) is 1. The molecule has 1 aliphatic carbocycles. The molecule has 0 aliphatic heterocycles. The van der Waals surface area contributed by atoms with Crippen LogP contribution < -0.4 is 9.64 Å². The predicted octanol–water partition coefficient (Wildman–Crippen LogP) is 6.12. The number of ether oxygens (including phenoxy) is 1. The van der Waals surface area contributed by atoms with Gasteiger partial charge in [0.2, 0.25) is 0 Å². The lowest BCUT2D eigenvalue weighted by molar-refractivity contribution is -0.145. The van der Waals surface area contributed by atoms with Crippen molar-refractivity contribution in [1.82, 2.24) is 0 Å². The molecule has 0 radical (unpaired) electrons. The van der Waals surface area contributed by atoms with Crippen LogP contribution in [0.25, 0.3) is 0 Å². The third-order valence-electron chi connectivity index (χ3n) is 4.79. The fraction of sp³-hybridized carbons (Fsp3) is 0.320. The Morgan fingerprint density at radius 1 is 1.33 bits per heavy atom. The van der Waals surface area contributed by atoms with E-state index in [1.54, 1.807) is 6.07 Å². The topological polar surface area (TPSA) is 49.8 Å². The third kappa shape index (κ3) is 7.60. The number of aliphatic carboxylic acids is 1. The summed E-state index contributed by atoms with van der Waals surface area (Å²) in [4.78, 5) is 13.6. The summed E-state index contributed by atoms with van der Waals surface area (Å²) in [6, 6.07) is 7.46. The minimum atomic E-state index is -0.943. The van der Waals surface area contributed by atoms with Gasteiger partial charge in [0.1, 0.15) is 5.75 Å². The summed E-state index contributed by atoms with van der Waals surface area (Å²) in [5, 5.41) is 10.2. The van der Waals surface area contributed by atoms with E-state index in [0.29, 0.717) is 17.2 Å². The number of carboxylic acid groups (broad SMARTS) is 1. The highest BCUT2D eigenvalue weighted by Crippen LogP contribution is 2.23. The molecule has 0 bridgehead atoms. The van der Waals surface area contributed by atoms with E-state index in [1.165, 1.54) is 5.57 Å². The van der Waals surface area contributed by atoms with Crippen LogP contribution >= 0.6 is 11.6 Å². The summed E-state index contributed by atoms with van der Waals surface area (Å²) >= 11 is 6.04. The van der Waals surface area contributed by atoms with E-state index in [1.807, 2.05) is 62.3 Å². The fourth-order valence-corrected chi connectivity index (χ4v) is 3.22. The first-order valence-electron chi connectivity index (χ1n) is 10.1. The van der Waals surface area contributed by atoms with E-state index < -0.39 is 12.1 Å². The predicted molar refractivity (Wildman–Crippen MR) is 125 cm³/mol. The number of unbranched alkanes of at least 4 members (excludes halogenated alkanes) is 1. The number of rotatable bonds is 10. The Morgan fingerprint density at radius 2 is 2.13 bits per heavy atom. The van der Waals surface area contributed by atoms with Crippen LogP contribution in [-0.4, -0.2) is 31.3 Å². The molecule has 0 saturated heterocycles. The number of carboxylic acids is 1. The van der Waals surface area contributed by atoms with Crippen LogP contribution in [0.5, 0.6) is 5.75 Å². The number of benzene rings is 1. The van der Waals surface area contributed by atoms with Crippen LogP contribution in [-0.2, 0) is 4.79 Å². The van der Waals surface area contributed by atoms with Gasteiger partial charge in [-0.05, 0) is 56.0 Å². The van der Waals surface area contributed by atoms with Gasteiger partial charge in [0.25, 0.3) is 0 Å². The Balaban J connectivity index is 1.88. The number of nitrogens with zero attached hydrogens (tertiary/aromatic N) is 1. The second-order valence-electron chi connectivity index (χ2n) is 7.28. The molecule has 1 N–H and O–H groups in total. The molecule has 2 unspecified atom stereocenters. The van der Waals surface area contributed by atoms with Crippen LogP contribution in [0.1, 0.15) is 26.2 Å². The van der Waals surface area contributed by atoms with Crippen molar-refractivity contribution in [3.8, 4) is 5.75 Å². The fourth-order valence-electron chi connectivity index (χ4n) is 3.08. The highest BCUT2D eigenvalue weighted by atomic mass is 35.5. The van der Waals surface area contributed by atoms with Crippen LogP contribution in [0.15, 0.2) is 83.5 Å². The van der Waals surface area contributed by atoms with E-state index >= 15 is 0 Å². The van der Waals surface area contributed by atoms with Gasteiger partial charge in [0, 0.05) is 36.8 Å². The Labute approximate surface area is 184 Å². The second-order valence-corrected chi connectivity index (χ2v) is 7.72. The molecule has 4 nitrogen and oxygen atoms in total. The average Bonchev–Trinajstić information content (AvgIpc) is 2.94. The van der Waals surface area contributed by atoms with E-state index in [9.17, 15) is 9.90 Å². The highest BCUT2D eigenvalue weighted by molar-refractivity contribution is 6.31. The maximum absolute atomic E-state index is 11.6. The Morgan fingerprint density at radius 3 is 2.83 bits per heavy atom. The molecule has 0 fully saturated rings. The number of anilines is 1. The van der Waals surface area contributed by atoms with E-state index in [-0.39, 0.29) is 5.92 Å². The van der Waals surface area contributed by atoms with Crippen molar-refractivity contribution in [2.24, 2.45) is 5.92 Å². The van der Waals surface area contributed by atoms with Gasteiger partial charge in [-0.1, -0.05) is 54.1 Å². The molecule has 1 aromatic carbocycles. The summed E-state index contributed by atoms with van der Waals surface area (Å²) in [7, 11) is 3.87. The standard InChI is InChI=1S/C25H30ClNO3/c1-4-19(20-11-8-12-21(26)17-16-20)10-6-5-7-15-24(25(28)29)30-23-14-9-13-22(18-23)27(2)3/h4,6,8-14,16-18,20,24H,5,7,15H2,1-3H3,(H,28,29)/b10-6-,19-4+. The number of halogens is 1. The van der Waals surface area contributed by atoms with E-state index in [0.717, 1.165) is 18.5 Å². The SMILES string of the molecule is C/C=C(\C=C/CCCC(Oc1cccc(N(C)C)c1)C(=O)O)C1C=CC=C(Cl)C=C1. The van der Waals surface area contributed by atoms with Crippen molar-refractivity contribution in [3.05, 3.63) is 83.5 Å². The van der Waals surface area contributed by atoms with Crippen molar-refractivity contribution in [3.63, 3.8) is 0 Å². The first kappa shape index (κ1) is 23.6. The van der Waals surface area contributed by atoms with Gasteiger partial charge >= 0.3 is 5.97 Å². The maximum Gasteiger partial charge on any atom is 0.344 e. The number of hydrogen-bond acceptors (Lipinski definition) is 3. The van der Waals surface area contributed by atoms with Gasteiger partial charge < -0.3 is 14.7 Å². The first-order chi connectivity index (χ1) is 14.4. The minimum absolute atomic E-state index is 0.179. The molecule has 2 atom stereocenters. The first-order valence-corrected chi connectivity index (χ1v) is 10.5. The molecular formula is C25H30ClNO3. The summed E-state index contributed by atoms with van der Waals surface area (Å²) < 4.78 is 5.74. The number of allylic oxidation sites excluding steroid dienone is 10. The van der Waals surface area contributed by atoms with Crippen molar-refractivity contribution in [2.75, 3.05) is 19.0 Å². The van der Waals surface area contributed by atoms with Crippen LogP contribution in [0, 0.1) is 5.92 Å². The monoisotopic (exact) mass is 427 g/mol. The molecule has 0 amide bonds. The molecule has 0 spiro atoms. The lowest BCUT2D eigenvalue weighted by Gasteiger charge is -2.17. The molecular weight excluding hydrogens is 398 g/mol. The lowest BCUT2D eigenvalue weighted by atomic mass is 9.97. The molecule has 0 heterocycles. The van der Waals surface area contributed by atoms with Crippen molar-refractivity contribution < 1.29 is 14.6 Å². The largest absolute Gasteiger partial charge is 0.479 e. The molecule has 5 heteroatoms. The van der Waals surface area contributed by atoms with E-state index in [2.05, 4.69) is 30.4 Å². The maximum atomic E-state index is 11.6. The van der Waals surface area contributed by atoms with Gasteiger partial charge in [0.15, 0.2) is 6.10 Å². The summed E-state index contributed by atoms with van der Waals surface area (Å²) in [6.45, 7) is 2.01. The molecule has 0 aromatic heterocycles. The minimum Gasteiger partial charge on any atom is -0.479 e. The van der Waals surface area contributed by atoms with Crippen LogP contribution in [0.3, 0.4) is 0 Å². The lowest BCUT2D eigenvalue weighted by Crippen LogP contribution is -2.27. The molecule has 0 saturated carbocycles. The summed E-state index contributed by atoms with van der Waals surface area (Å²) in [6.07, 6.45) is 17.2. The molecule has 160 valence electrons. The van der Waals surface area contributed by atoms with Gasteiger partial charge in [-0.15, -0.1) is 0 Å². The molecule has 1 aromatic rings. The van der Waals surface area contributed by atoms with Gasteiger partial charge in [-0.3, -0.25) is 0 Å². The second kappa shape index (κ2) is 12.1. The average molecular weight is 428 g/mol. The Kier molecular flexibility index (Phi) is 9.49. The van der Waals surface area contributed by atoms with Gasteiger partial charge in [-0.25, -0.2) is 4.79 Å². The third-order valence-corrected chi connectivity index (χ3v) is 5.04. The van der Waals surface area contributed by atoms with Crippen LogP contribution in [0.2, 0.25) is 0 Å². The normalized spacial score (nSPS) is 17.5. The highest BCUT2D eigenvalue weighted by Gasteiger charge is 2.19. The Bertz CT molecular complexity index is 865. The van der Waals surface area contributed by atoms with Crippen molar-refractivity contribution in [1.29, 1.82) is 0 Å². The zero-order chi connectivity index (χ0) is 21.9. The van der Waals surface area contributed by atoms with E-state index in [4.69, 9.17) is 16.3 Å². The van der Waals surface area contributed by atoms with Crippen molar-refractivity contribution in [2.45, 2.75) is 32.3 Å². The van der Waals surface area contributed by atoms with Crippen LogP contribution in [0.4, 0.5) is 5.69 Å². The molecule has 1 aliphatic rings. The summed E-state index contributed by atoms with van der Waals surface area (Å²) in [5.41, 5.74) is 2.14. The quantitative estimate of drug-likeness (QED) is 0.361. The zero-order valence-electron chi connectivity index (χ0n) is 17.8. The van der Waals surface area contributed by atoms with Gasteiger partial charge in [0.05, 0.1) is 0 Å². The zero-order valence-corrected chi connectivity index (χ0v) is 18.5. The number of carbonyl (C=O) groups is 1. The Hall–Kier alpha value is -2.72. The van der Waals surface area contributed by atoms with Crippen molar-refractivity contribution >= 4 is 23.3 Å². The smallest absolute Gasteiger partial charge is 0.344 e. The summed E-state index contributed by atoms with van der Waals surface area (Å²) in [5.74, 6) is -0.195. The molecule has 30 heavy (non-hydrogen) atoms.